The molecule has 0 aliphatic rings. The molecule has 0 aliphatic heterocycles. The fraction of sp³-hybridized carbons (Fsp3) is 0.120. The maximum atomic E-state index is 14.2. The molecule has 40 heavy (non-hydrogen) atoms. The number of anilines is 1. The second kappa shape index (κ2) is 10.9. The molecule has 0 amide bonds. The van der Waals surface area contributed by atoms with Crippen molar-refractivity contribution in [3.63, 3.8) is 0 Å². The van der Waals surface area contributed by atoms with E-state index in [0.717, 1.165) is 35.0 Å². The molecule has 1 aromatic heterocycles. The first kappa shape index (κ1) is 28.5. The van der Waals surface area contributed by atoms with Crippen LogP contribution in [0.15, 0.2) is 77.8 Å². The fourth-order valence-electron chi connectivity index (χ4n) is 3.71. The van der Waals surface area contributed by atoms with E-state index in [4.69, 9.17) is 5.11 Å². The van der Waals surface area contributed by atoms with E-state index in [1.807, 2.05) is 0 Å². The quantitative estimate of drug-likeness (QED) is 0.238. The topological polar surface area (TPSA) is 111 Å². The Hall–Kier alpha value is -4.53. The van der Waals surface area contributed by atoms with Gasteiger partial charge in [0.1, 0.15) is 18.1 Å². The summed E-state index contributed by atoms with van der Waals surface area (Å²) in [4.78, 5) is 10.3. The fourth-order valence-corrected chi connectivity index (χ4v) is 4.82. The third kappa shape index (κ3) is 6.72. The van der Waals surface area contributed by atoms with Crippen LogP contribution in [0.5, 0.6) is 5.75 Å². The number of hydrogen-bond donors (Lipinski definition) is 2. The Morgan fingerprint density at radius 2 is 1.77 bits per heavy atom. The minimum absolute atomic E-state index is 0.0122. The van der Waals surface area contributed by atoms with Crippen LogP contribution in [0.2, 0.25) is 0 Å². The number of rotatable bonds is 9. The molecule has 0 bridgehead atoms. The zero-order valence-corrected chi connectivity index (χ0v) is 20.7. The van der Waals surface area contributed by atoms with Crippen LogP contribution in [0.3, 0.4) is 0 Å². The third-order valence-electron chi connectivity index (χ3n) is 5.38. The molecule has 15 heteroatoms. The lowest BCUT2D eigenvalue weighted by Gasteiger charge is -2.15. The molecule has 0 radical (unpaired) electrons. The molecule has 210 valence electrons. The SMILES string of the molecule is O=C(O)Cn1ccc(-c2ccc(-c3cc(F)cc(OC(F)F)c3)cc2NS(=O)(=O)c2cccc(C(F)(F)F)c2)n1. The molecule has 4 rings (SSSR count). The van der Waals surface area contributed by atoms with Crippen LogP contribution in [0.4, 0.5) is 32.0 Å². The lowest BCUT2D eigenvalue weighted by atomic mass is 10.0. The smallest absolute Gasteiger partial charge is 0.416 e. The highest BCUT2D eigenvalue weighted by Crippen LogP contribution is 2.36. The van der Waals surface area contributed by atoms with Gasteiger partial charge in [0.15, 0.2) is 0 Å². The van der Waals surface area contributed by atoms with Crippen LogP contribution in [0, 0.1) is 5.82 Å². The maximum Gasteiger partial charge on any atom is 0.416 e. The summed E-state index contributed by atoms with van der Waals surface area (Å²) in [6, 6.07) is 11.1. The van der Waals surface area contributed by atoms with E-state index in [2.05, 4.69) is 14.6 Å². The van der Waals surface area contributed by atoms with E-state index >= 15 is 0 Å². The van der Waals surface area contributed by atoms with Gasteiger partial charge in [0.05, 0.1) is 21.8 Å². The number of aliphatic carboxylic acids is 1. The number of carboxylic acid groups (broad SMARTS) is 1. The molecular formula is C25H17F6N3O5S. The summed E-state index contributed by atoms with van der Waals surface area (Å²) < 4.78 is 113. The van der Waals surface area contributed by atoms with Gasteiger partial charge in [-0.05, 0) is 53.6 Å². The van der Waals surface area contributed by atoms with Crippen molar-refractivity contribution in [3.8, 4) is 28.1 Å². The summed E-state index contributed by atoms with van der Waals surface area (Å²) in [5, 5.41) is 13.1. The van der Waals surface area contributed by atoms with Crippen LogP contribution in [-0.4, -0.2) is 35.9 Å². The van der Waals surface area contributed by atoms with Crippen molar-refractivity contribution < 1.29 is 49.4 Å². The molecule has 8 nitrogen and oxygen atoms in total. The number of halogens is 6. The van der Waals surface area contributed by atoms with Crippen LogP contribution in [0.1, 0.15) is 5.56 Å². The van der Waals surface area contributed by atoms with Gasteiger partial charge in [-0.2, -0.15) is 27.1 Å². The largest absolute Gasteiger partial charge is 0.480 e. The van der Waals surface area contributed by atoms with E-state index in [9.17, 15) is 39.6 Å². The summed E-state index contributed by atoms with van der Waals surface area (Å²) in [7, 11) is -4.65. The Labute approximate surface area is 222 Å². The highest BCUT2D eigenvalue weighted by molar-refractivity contribution is 7.92. The number of alkyl halides is 5. The van der Waals surface area contributed by atoms with Crippen molar-refractivity contribution in [2.75, 3.05) is 4.72 Å². The average molecular weight is 585 g/mol. The lowest BCUT2D eigenvalue weighted by Crippen LogP contribution is -2.15. The second-order valence-electron chi connectivity index (χ2n) is 8.24. The summed E-state index contributed by atoms with van der Waals surface area (Å²) >= 11 is 0. The second-order valence-corrected chi connectivity index (χ2v) is 9.92. The molecule has 0 fully saturated rings. The van der Waals surface area contributed by atoms with E-state index in [1.54, 1.807) is 0 Å². The van der Waals surface area contributed by atoms with E-state index < -0.39 is 57.4 Å². The first-order chi connectivity index (χ1) is 18.7. The molecule has 1 heterocycles. The van der Waals surface area contributed by atoms with Crippen molar-refractivity contribution >= 4 is 21.7 Å². The van der Waals surface area contributed by atoms with Gasteiger partial charge in [-0.25, -0.2) is 12.8 Å². The summed E-state index contributed by atoms with van der Waals surface area (Å²) in [6.45, 7) is -3.76. The molecule has 0 aliphatic carbocycles. The van der Waals surface area contributed by atoms with Gasteiger partial charge in [0.25, 0.3) is 10.0 Å². The van der Waals surface area contributed by atoms with Crippen molar-refractivity contribution in [2.45, 2.75) is 24.2 Å². The van der Waals surface area contributed by atoms with Crippen molar-refractivity contribution in [3.05, 3.63) is 84.3 Å². The van der Waals surface area contributed by atoms with Gasteiger partial charge in [-0.15, -0.1) is 0 Å². The standard InChI is InChI=1S/C25H17F6N3O5S/c26-17-8-15(9-18(12-17)39-24(27)28)14-4-5-20(21-6-7-34(32-21)13-23(35)36)22(10-14)33-40(37,38)19-3-1-2-16(11-19)25(29,30)31/h1-12,24,33H,13H2,(H,35,36). The van der Waals surface area contributed by atoms with Crippen molar-refractivity contribution in [1.29, 1.82) is 0 Å². The van der Waals surface area contributed by atoms with Gasteiger partial charge in [0.2, 0.25) is 0 Å². The Bertz CT molecular complexity index is 1670. The first-order valence-electron chi connectivity index (χ1n) is 11.1. The van der Waals surface area contributed by atoms with Gasteiger partial charge >= 0.3 is 18.8 Å². The summed E-state index contributed by atoms with van der Waals surface area (Å²) in [5.41, 5.74) is -1.12. The van der Waals surface area contributed by atoms with Gasteiger partial charge in [0, 0.05) is 17.8 Å². The van der Waals surface area contributed by atoms with Crippen LogP contribution >= 0.6 is 0 Å². The van der Waals surface area contributed by atoms with E-state index in [1.165, 1.54) is 30.5 Å². The highest BCUT2D eigenvalue weighted by Gasteiger charge is 2.32. The minimum Gasteiger partial charge on any atom is -0.480 e. The number of hydrogen-bond acceptors (Lipinski definition) is 5. The maximum absolute atomic E-state index is 14.2. The number of sulfonamides is 1. The Morgan fingerprint density at radius 1 is 1.02 bits per heavy atom. The number of benzene rings is 3. The summed E-state index contributed by atoms with van der Waals surface area (Å²) in [5.74, 6) is -2.65. The van der Waals surface area contributed by atoms with Crippen LogP contribution < -0.4 is 9.46 Å². The molecule has 0 unspecified atom stereocenters. The number of ether oxygens (including phenoxy) is 1. The lowest BCUT2D eigenvalue weighted by molar-refractivity contribution is -0.138. The molecule has 0 saturated carbocycles. The Morgan fingerprint density at radius 3 is 2.45 bits per heavy atom. The zero-order chi connectivity index (χ0) is 29.2. The Balaban J connectivity index is 1.82. The first-order valence-corrected chi connectivity index (χ1v) is 12.5. The average Bonchev–Trinajstić information content (AvgIpc) is 3.30. The molecule has 0 spiro atoms. The predicted molar refractivity (Wildman–Crippen MR) is 130 cm³/mol. The number of aromatic nitrogens is 2. The van der Waals surface area contributed by atoms with Crippen LogP contribution in [-0.2, 0) is 27.5 Å². The van der Waals surface area contributed by atoms with Crippen molar-refractivity contribution in [1.82, 2.24) is 9.78 Å². The van der Waals surface area contributed by atoms with Gasteiger partial charge in [-0.1, -0.05) is 18.2 Å². The van der Waals surface area contributed by atoms with Crippen molar-refractivity contribution in [2.24, 2.45) is 0 Å². The highest BCUT2D eigenvalue weighted by atomic mass is 32.2. The third-order valence-corrected chi connectivity index (χ3v) is 6.74. The molecule has 0 saturated heterocycles. The molecule has 0 atom stereocenters. The monoisotopic (exact) mass is 585 g/mol. The van der Waals surface area contributed by atoms with Gasteiger partial charge in [-0.3, -0.25) is 14.2 Å². The van der Waals surface area contributed by atoms with Gasteiger partial charge < -0.3 is 9.84 Å². The molecule has 3 aromatic carbocycles. The number of nitrogens with one attached hydrogen (secondary N) is 1. The molecule has 2 N–H and O–H groups in total. The molecular weight excluding hydrogens is 568 g/mol. The summed E-state index contributed by atoms with van der Waals surface area (Å²) in [6.07, 6.45) is -3.51. The Kier molecular flexibility index (Phi) is 7.77. The van der Waals surface area contributed by atoms with E-state index in [-0.39, 0.29) is 28.1 Å². The molecule has 4 aromatic rings. The minimum atomic E-state index is -4.82. The van der Waals surface area contributed by atoms with Crippen LogP contribution in [0.25, 0.3) is 22.4 Å². The number of nitrogens with zero attached hydrogens (tertiary/aromatic N) is 2. The predicted octanol–water partition coefficient (Wildman–Crippen LogP) is 5.86. The number of carboxylic acids is 1. The number of carbonyl (C=O) groups is 1. The normalized spacial score (nSPS) is 12.0. The zero-order valence-electron chi connectivity index (χ0n) is 19.9. The van der Waals surface area contributed by atoms with E-state index in [0.29, 0.717) is 12.1 Å².